The summed E-state index contributed by atoms with van der Waals surface area (Å²) in [7, 11) is -2.34. The number of rotatable bonds is 13. The Morgan fingerprint density at radius 2 is 1.52 bits per heavy atom. The number of ether oxygens (including phenoxy) is 3. The molecule has 0 bridgehead atoms. The zero-order valence-electron chi connectivity index (χ0n) is 31.8. The SMILES string of the molecule is COc1cc(S(C)(=O)=O)ccc1N(C(=O)O[C@H](OC(=O)[C@@H](N)C(C)C)C(C)C)c1nc2ccc(-c3ccc(NC(=O)[C@H](C)c4ccc(F)cc4)cc3)cn2n1.Cl. The molecule has 14 nitrogen and oxygen atoms in total. The van der Waals surface area contributed by atoms with Crippen molar-refractivity contribution in [1.82, 2.24) is 14.6 Å². The van der Waals surface area contributed by atoms with Crippen LogP contribution in [-0.2, 0) is 28.9 Å². The zero-order valence-corrected chi connectivity index (χ0v) is 33.4. The van der Waals surface area contributed by atoms with Crippen molar-refractivity contribution in [3.63, 3.8) is 0 Å². The van der Waals surface area contributed by atoms with E-state index in [0.29, 0.717) is 16.9 Å². The molecule has 0 radical (unpaired) electrons. The molecule has 0 spiro atoms. The fraction of sp³-hybridized carbons (Fsp3) is 0.308. The van der Waals surface area contributed by atoms with Crippen molar-refractivity contribution in [2.24, 2.45) is 17.6 Å². The fourth-order valence-corrected chi connectivity index (χ4v) is 5.95. The Balaban J connectivity index is 0.00000696. The fourth-order valence-electron chi connectivity index (χ4n) is 5.31. The van der Waals surface area contributed by atoms with E-state index in [1.807, 2.05) is 12.1 Å². The average molecular weight is 811 g/mol. The Kier molecular flexibility index (Phi) is 13.8. The maximum Gasteiger partial charge on any atom is 0.424 e. The van der Waals surface area contributed by atoms with Gasteiger partial charge in [0.05, 0.1) is 23.6 Å². The normalized spacial score (nSPS) is 13.1. The molecule has 2 amide bonds. The van der Waals surface area contributed by atoms with Crippen LogP contribution in [0.25, 0.3) is 16.8 Å². The molecule has 5 aromatic rings. The molecule has 0 saturated carbocycles. The van der Waals surface area contributed by atoms with Gasteiger partial charge in [-0.3, -0.25) is 9.59 Å². The molecule has 0 fully saturated rings. The molecular formula is C39H44ClFN6O8S. The number of pyridine rings is 1. The van der Waals surface area contributed by atoms with E-state index in [9.17, 15) is 27.2 Å². The van der Waals surface area contributed by atoms with Crippen LogP contribution < -0.4 is 20.7 Å². The predicted molar refractivity (Wildman–Crippen MR) is 211 cm³/mol. The lowest BCUT2D eigenvalue weighted by molar-refractivity contribution is -0.177. The number of benzene rings is 3. The van der Waals surface area contributed by atoms with Crippen molar-refractivity contribution >= 4 is 63.2 Å². The Bertz CT molecular complexity index is 2300. The van der Waals surface area contributed by atoms with E-state index in [0.717, 1.165) is 22.3 Å². The van der Waals surface area contributed by atoms with Gasteiger partial charge in [-0.05, 0) is 72.5 Å². The molecule has 3 N–H and O–H groups in total. The van der Waals surface area contributed by atoms with Gasteiger partial charge in [-0.2, -0.15) is 4.98 Å². The summed E-state index contributed by atoms with van der Waals surface area (Å²) >= 11 is 0. The van der Waals surface area contributed by atoms with E-state index in [2.05, 4.69) is 15.4 Å². The minimum atomic E-state index is -3.65. The van der Waals surface area contributed by atoms with Crippen LogP contribution in [0.4, 0.5) is 26.5 Å². The number of amides is 2. The molecule has 0 saturated heterocycles. The summed E-state index contributed by atoms with van der Waals surface area (Å²) in [6, 6.07) is 19.4. The van der Waals surface area contributed by atoms with E-state index in [4.69, 9.17) is 19.9 Å². The Morgan fingerprint density at radius 3 is 2.11 bits per heavy atom. The number of aromatic nitrogens is 3. The number of hydrogen-bond acceptors (Lipinski definition) is 11. The first-order valence-electron chi connectivity index (χ1n) is 17.3. The number of esters is 1. The largest absolute Gasteiger partial charge is 0.495 e. The van der Waals surface area contributed by atoms with Gasteiger partial charge in [-0.1, -0.05) is 52.0 Å². The van der Waals surface area contributed by atoms with Crippen molar-refractivity contribution in [2.75, 3.05) is 23.6 Å². The predicted octanol–water partition coefficient (Wildman–Crippen LogP) is 6.89. The van der Waals surface area contributed by atoms with Crippen molar-refractivity contribution in [1.29, 1.82) is 0 Å². The van der Waals surface area contributed by atoms with Crippen LogP contribution in [0.1, 0.15) is 46.1 Å². The lowest BCUT2D eigenvalue weighted by atomic mass is 10.00. The summed E-state index contributed by atoms with van der Waals surface area (Å²) in [5, 5.41) is 7.45. The van der Waals surface area contributed by atoms with Gasteiger partial charge < -0.3 is 25.3 Å². The molecule has 2 aromatic heterocycles. The summed E-state index contributed by atoms with van der Waals surface area (Å²) in [5.74, 6) is -2.77. The molecule has 0 unspecified atom stereocenters. The number of hydrogen-bond donors (Lipinski definition) is 2. The highest BCUT2D eigenvalue weighted by Gasteiger charge is 2.33. The van der Waals surface area contributed by atoms with E-state index < -0.39 is 46.1 Å². The molecule has 0 aliphatic heterocycles. The highest BCUT2D eigenvalue weighted by atomic mass is 35.5. The second kappa shape index (κ2) is 17.9. The third kappa shape index (κ3) is 9.99. The lowest BCUT2D eigenvalue weighted by Crippen LogP contribution is -2.42. The van der Waals surface area contributed by atoms with Crippen LogP contribution in [-0.4, -0.2) is 66.7 Å². The third-order valence-electron chi connectivity index (χ3n) is 8.76. The number of fused-ring (bicyclic) bond motifs is 1. The molecule has 3 atom stereocenters. The number of nitrogens with two attached hydrogens (primary N) is 1. The first kappa shape index (κ1) is 43.2. The number of nitrogens with one attached hydrogen (secondary N) is 1. The summed E-state index contributed by atoms with van der Waals surface area (Å²) in [6.07, 6.45) is 0.335. The molecule has 2 heterocycles. The first-order valence-corrected chi connectivity index (χ1v) is 19.2. The highest BCUT2D eigenvalue weighted by Crippen LogP contribution is 2.36. The van der Waals surface area contributed by atoms with Gasteiger partial charge in [0, 0.05) is 35.7 Å². The van der Waals surface area contributed by atoms with Crippen molar-refractivity contribution < 1.29 is 41.4 Å². The quantitative estimate of drug-likeness (QED) is 0.0932. The van der Waals surface area contributed by atoms with Crippen LogP contribution in [0.15, 0.2) is 90.0 Å². The summed E-state index contributed by atoms with van der Waals surface area (Å²) in [4.78, 5) is 45.2. The monoisotopic (exact) mass is 810 g/mol. The molecule has 0 aliphatic rings. The molecule has 56 heavy (non-hydrogen) atoms. The van der Waals surface area contributed by atoms with Gasteiger partial charge in [0.2, 0.25) is 5.91 Å². The van der Waals surface area contributed by atoms with E-state index in [-0.39, 0.29) is 52.3 Å². The topological polar surface area (TPSA) is 185 Å². The Morgan fingerprint density at radius 1 is 0.875 bits per heavy atom. The minimum Gasteiger partial charge on any atom is -0.495 e. The van der Waals surface area contributed by atoms with Gasteiger partial charge in [-0.15, -0.1) is 17.5 Å². The van der Waals surface area contributed by atoms with Crippen molar-refractivity contribution in [2.45, 2.75) is 57.8 Å². The zero-order chi connectivity index (χ0) is 40.2. The number of carbonyl (C=O) groups is 3. The van der Waals surface area contributed by atoms with Gasteiger partial charge >= 0.3 is 12.1 Å². The van der Waals surface area contributed by atoms with Crippen LogP contribution in [0, 0.1) is 17.7 Å². The molecular weight excluding hydrogens is 767 g/mol. The van der Waals surface area contributed by atoms with E-state index >= 15 is 0 Å². The standard InChI is InChI=1S/C39H43FN6O8S.ClH/c1-22(2)34(41)36(48)53-37(23(3)4)54-39(49)46(31-18-17-30(55(7,50)51)20-32(31)52-6)38-43-33-19-12-27(21-45(33)44-38)26-10-15-29(16-11-26)42-35(47)24(5)25-8-13-28(40)14-9-25;/h8-24,34,37H,41H2,1-7H3,(H,42,47);1H/t24-,34+,37+;/m1./s1. The number of halogens is 2. The Labute approximate surface area is 330 Å². The summed E-state index contributed by atoms with van der Waals surface area (Å²) in [6.45, 7) is 8.63. The third-order valence-corrected chi connectivity index (χ3v) is 9.87. The molecule has 3 aromatic carbocycles. The number of methoxy groups -OCH3 is 1. The highest BCUT2D eigenvalue weighted by molar-refractivity contribution is 7.90. The number of anilines is 3. The number of nitrogens with zero attached hydrogens (tertiary/aromatic N) is 4. The molecule has 17 heteroatoms. The number of carbonyl (C=O) groups excluding carboxylic acids is 3. The number of sulfone groups is 1. The van der Waals surface area contributed by atoms with Crippen LogP contribution >= 0.6 is 12.4 Å². The second-order valence-corrected chi connectivity index (χ2v) is 15.6. The van der Waals surface area contributed by atoms with Crippen molar-refractivity contribution in [3.05, 3.63) is 96.4 Å². The maximum absolute atomic E-state index is 14.1. The summed E-state index contributed by atoms with van der Waals surface area (Å²) < 4.78 is 56.3. The van der Waals surface area contributed by atoms with Crippen LogP contribution in [0.5, 0.6) is 5.75 Å². The Hall–Kier alpha value is -5.58. The van der Waals surface area contributed by atoms with Gasteiger partial charge in [0.25, 0.3) is 12.2 Å². The summed E-state index contributed by atoms with van der Waals surface area (Å²) in [5.41, 5.74) is 9.13. The molecule has 0 aliphatic carbocycles. The minimum absolute atomic E-state index is 0. The van der Waals surface area contributed by atoms with E-state index in [1.54, 1.807) is 77.2 Å². The van der Waals surface area contributed by atoms with Crippen LogP contribution in [0.2, 0.25) is 0 Å². The smallest absolute Gasteiger partial charge is 0.424 e. The van der Waals surface area contributed by atoms with Gasteiger partial charge in [0.15, 0.2) is 15.5 Å². The first-order chi connectivity index (χ1) is 26.0. The average Bonchev–Trinajstić information content (AvgIpc) is 3.57. The molecule has 298 valence electrons. The van der Waals surface area contributed by atoms with Crippen LogP contribution in [0.3, 0.4) is 0 Å². The van der Waals surface area contributed by atoms with Crippen molar-refractivity contribution in [3.8, 4) is 16.9 Å². The molecule has 5 rings (SSSR count). The lowest BCUT2D eigenvalue weighted by Gasteiger charge is -2.27. The maximum atomic E-state index is 14.1. The van der Waals surface area contributed by atoms with Gasteiger partial charge in [-0.25, -0.2) is 27.0 Å². The van der Waals surface area contributed by atoms with Gasteiger partial charge in [0.1, 0.15) is 17.6 Å². The van der Waals surface area contributed by atoms with E-state index in [1.165, 1.54) is 42.0 Å². The second-order valence-electron chi connectivity index (χ2n) is 13.6.